The molecule has 0 unspecified atom stereocenters. The molecule has 2 rings (SSSR count). The van der Waals surface area contributed by atoms with Gasteiger partial charge in [-0.1, -0.05) is 30.3 Å². The second-order valence-corrected chi connectivity index (χ2v) is 5.79. The van der Waals surface area contributed by atoms with Crippen LogP contribution in [0, 0.1) is 18.3 Å². The monoisotopic (exact) mass is 350 g/mol. The lowest BCUT2D eigenvalue weighted by molar-refractivity contribution is -0.117. The maximum Gasteiger partial charge on any atom is 0.262 e. The molecule has 0 radical (unpaired) electrons. The first kappa shape index (κ1) is 19.1. The summed E-state index contributed by atoms with van der Waals surface area (Å²) in [6.07, 6.45) is 1.53. The minimum absolute atomic E-state index is 0.00986. The van der Waals surface area contributed by atoms with Gasteiger partial charge in [-0.3, -0.25) is 4.79 Å². The molecule has 0 aliphatic rings. The fourth-order valence-electron chi connectivity index (χ4n) is 2.70. The molecule has 0 saturated carbocycles. The van der Waals surface area contributed by atoms with Gasteiger partial charge in [0.15, 0.2) is 0 Å². The van der Waals surface area contributed by atoms with E-state index in [4.69, 9.17) is 9.47 Å². The summed E-state index contributed by atoms with van der Waals surface area (Å²) in [4.78, 5) is 12.5. The van der Waals surface area contributed by atoms with Gasteiger partial charge in [0.05, 0.1) is 20.3 Å². The van der Waals surface area contributed by atoms with Crippen LogP contribution in [0.1, 0.15) is 29.7 Å². The lowest BCUT2D eigenvalue weighted by Crippen LogP contribution is -2.27. The summed E-state index contributed by atoms with van der Waals surface area (Å²) >= 11 is 0. The molecule has 0 spiro atoms. The van der Waals surface area contributed by atoms with Crippen molar-refractivity contribution in [1.29, 1.82) is 5.26 Å². The minimum Gasteiger partial charge on any atom is -0.496 e. The quantitative estimate of drug-likeness (QED) is 0.635. The van der Waals surface area contributed by atoms with Crippen LogP contribution in [-0.4, -0.2) is 20.1 Å². The molecule has 0 aliphatic carbocycles. The van der Waals surface area contributed by atoms with Gasteiger partial charge in [0.1, 0.15) is 23.1 Å². The van der Waals surface area contributed by atoms with Gasteiger partial charge in [0, 0.05) is 11.1 Å². The number of nitriles is 1. The number of nitrogens with one attached hydrogen (secondary N) is 1. The molecule has 1 amide bonds. The van der Waals surface area contributed by atoms with Crippen LogP contribution in [0.5, 0.6) is 11.5 Å². The first-order valence-corrected chi connectivity index (χ1v) is 8.21. The average molecular weight is 350 g/mol. The third-order valence-corrected chi connectivity index (χ3v) is 4.12. The molecule has 2 aromatic carbocycles. The van der Waals surface area contributed by atoms with Crippen LogP contribution in [0.4, 0.5) is 0 Å². The standard InChI is InChI=1S/C21H22N2O3/c1-14-19(25-3)11-10-17(20(14)26-4)12-18(13-22)21(24)23-15(2)16-8-6-5-7-9-16/h5-12,15H,1-4H3,(H,23,24)/b18-12-/t15-/m1/s1. The minimum atomic E-state index is -0.431. The van der Waals surface area contributed by atoms with Gasteiger partial charge < -0.3 is 14.8 Å². The van der Waals surface area contributed by atoms with Crippen LogP contribution in [0.2, 0.25) is 0 Å². The number of hydrogen-bond donors (Lipinski definition) is 1. The number of carbonyl (C=O) groups excluding carboxylic acids is 1. The van der Waals surface area contributed by atoms with E-state index in [-0.39, 0.29) is 11.6 Å². The van der Waals surface area contributed by atoms with Crippen LogP contribution >= 0.6 is 0 Å². The van der Waals surface area contributed by atoms with Gasteiger partial charge in [0.25, 0.3) is 5.91 Å². The van der Waals surface area contributed by atoms with E-state index in [9.17, 15) is 10.1 Å². The Balaban J connectivity index is 2.29. The zero-order chi connectivity index (χ0) is 19.1. The molecule has 0 saturated heterocycles. The number of benzene rings is 2. The van der Waals surface area contributed by atoms with E-state index in [0.717, 1.165) is 11.1 Å². The van der Waals surface area contributed by atoms with E-state index in [1.165, 1.54) is 6.08 Å². The van der Waals surface area contributed by atoms with Crippen molar-refractivity contribution in [3.8, 4) is 17.6 Å². The number of carbonyl (C=O) groups is 1. The number of hydrogen-bond acceptors (Lipinski definition) is 4. The summed E-state index contributed by atoms with van der Waals surface area (Å²) in [7, 11) is 3.12. The Morgan fingerprint density at radius 3 is 2.42 bits per heavy atom. The third-order valence-electron chi connectivity index (χ3n) is 4.12. The van der Waals surface area contributed by atoms with Crippen molar-refractivity contribution in [2.24, 2.45) is 0 Å². The first-order valence-electron chi connectivity index (χ1n) is 8.21. The predicted molar refractivity (Wildman–Crippen MR) is 101 cm³/mol. The smallest absolute Gasteiger partial charge is 0.262 e. The largest absolute Gasteiger partial charge is 0.496 e. The summed E-state index contributed by atoms with van der Waals surface area (Å²) in [5.74, 6) is 0.819. The molecule has 0 fully saturated rings. The zero-order valence-electron chi connectivity index (χ0n) is 15.4. The second kappa shape index (κ2) is 8.72. The van der Waals surface area contributed by atoms with Crippen molar-refractivity contribution in [2.45, 2.75) is 19.9 Å². The van der Waals surface area contributed by atoms with Crippen LogP contribution in [0.3, 0.4) is 0 Å². The molecule has 0 aromatic heterocycles. The fraction of sp³-hybridized carbons (Fsp3) is 0.238. The maximum atomic E-state index is 12.5. The fourth-order valence-corrected chi connectivity index (χ4v) is 2.70. The first-order chi connectivity index (χ1) is 12.5. The van der Waals surface area contributed by atoms with Crippen LogP contribution in [0.25, 0.3) is 6.08 Å². The van der Waals surface area contributed by atoms with Crippen LogP contribution < -0.4 is 14.8 Å². The lowest BCUT2D eigenvalue weighted by Gasteiger charge is -2.15. The zero-order valence-corrected chi connectivity index (χ0v) is 15.4. The Kier molecular flexibility index (Phi) is 6.40. The van der Waals surface area contributed by atoms with Gasteiger partial charge >= 0.3 is 0 Å². The van der Waals surface area contributed by atoms with Crippen LogP contribution in [0.15, 0.2) is 48.0 Å². The van der Waals surface area contributed by atoms with Crippen molar-refractivity contribution in [3.63, 3.8) is 0 Å². The van der Waals surface area contributed by atoms with Crippen molar-refractivity contribution in [3.05, 3.63) is 64.7 Å². The molecule has 134 valence electrons. The number of amides is 1. The molecule has 1 atom stereocenters. The van der Waals surface area contributed by atoms with Crippen molar-refractivity contribution >= 4 is 12.0 Å². The normalized spacial score (nSPS) is 12.0. The highest BCUT2D eigenvalue weighted by Crippen LogP contribution is 2.32. The molecular weight excluding hydrogens is 328 g/mol. The molecule has 1 N–H and O–H groups in total. The Hall–Kier alpha value is -3.26. The number of rotatable bonds is 6. The average Bonchev–Trinajstić information content (AvgIpc) is 2.66. The molecule has 5 heteroatoms. The second-order valence-electron chi connectivity index (χ2n) is 5.79. The topological polar surface area (TPSA) is 71.3 Å². The number of nitrogens with zero attached hydrogens (tertiary/aromatic N) is 1. The predicted octanol–water partition coefficient (Wildman–Crippen LogP) is 3.80. The van der Waals surface area contributed by atoms with E-state index >= 15 is 0 Å². The van der Waals surface area contributed by atoms with Gasteiger partial charge in [0.2, 0.25) is 0 Å². The Labute approximate surface area is 153 Å². The SMILES string of the molecule is COc1ccc(/C=C(/C#N)C(=O)N[C@H](C)c2ccccc2)c(OC)c1C. The van der Waals surface area contributed by atoms with Gasteiger partial charge in [-0.25, -0.2) is 0 Å². The summed E-state index contributed by atoms with van der Waals surface area (Å²) in [6.45, 7) is 3.74. The Morgan fingerprint density at radius 1 is 1.15 bits per heavy atom. The molecule has 0 aliphatic heterocycles. The van der Waals surface area contributed by atoms with Gasteiger partial charge in [-0.2, -0.15) is 5.26 Å². The molecule has 2 aromatic rings. The Bertz CT molecular complexity index is 852. The highest BCUT2D eigenvalue weighted by atomic mass is 16.5. The van der Waals surface area contributed by atoms with E-state index in [0.29, 0.717) is 17.1 Å². The van der Waals surface area contributed by atoms with Crippen molar-refractivity contribution in [1.82, 2.24) is 5.32 Å². The summed E-state index contributed by atoms with van der Waals surface area (Å²) < 4.78 is 10.7. The van der Waals surface area contributed by atoms with Gasteiger partial charge in [-0.05, 0) is 37.6 Å². The third kappa shape index (κ3) is 4.22. The van der Waals surface area contributed by atoms with E-state index < -0.39 is 5.91 Å². The molecule has 26 heavy (non-hydrogen) atoms. The Morgan fingerprint density at radius 2 is 1.85 bits per heavy atom. The van der Waals surface area contributed by atoms with E-state index in [1.807, 2.05) is 50.2 Å². The van der Waals surface area contributed by atoms with E-state index in [1.54, 1.807) is 26.4 Å². The van der Waals surface area contributed by atoms with E-state index in [2.05, 4.69) is 5.32 Å². The summed E-state index contributed by atoms with van der Waals surface area (Å²) in [5, 5.41) is 12.3. The van der Waals surface area contributed by atoms with Gasteiger partial charge in [-0.15, -0.1) is 0 Å². The summed E-state index contributed by atoms with van der Waals surface area (Å²) in [6, 6.07) is 14.9. The lowest BCUT2D eigenvalue weighted by atomic mass is 10.0. The molecule has 0 heterocycles. The maximum absolute atomic E-state index is 12.5. The van der Waals surface area contributed by atoms with Crippen molar-refractivity contribution in [2.75, 3.05) is 14.2 Å². The van der Waals surface area contributed by atoms with Crippen LogP contribution in [-0.2, 0) is 4.79 Å². The van der Waals surface area contributed by atoms with Crippen molar-refractivity contribution < 1.29 is 14.3 Å². The molecule has 5 nitrogen and oxygen atoms in total. The summed E-state index contributed by atoms with van der Waals surface area (Å²) in [5.41, 5.74) is 2.43. The molecule has 0 bridgehead atoms. The number of ether oxygens (including phenoxy) is 2. The highest BCUT2D eigenvalue weighted by molar-refractivity contribution is 6.02. The highest BCUT2D eigenvalue weighted by Gasteiger charge is 2.16. The number of methoxy groups -OCH3 is 2. The molecular formula is C21H22N2O3.